The second-order valence-electron chi connectivity index (χ2n) is 4.63. The minimum absolute atomic E-state index is 0.323. The Balaban J connectivity index is 2.14. The second-order valence-corrected chi connectivity index (χ2v) is 4.63. The molecule has 0 radical (unpaired) electrons. The minimum atomic E-state index is -2.02. The zero-order valence-corrected chi connectivity index (χ0v) is 10.9. The van der Waals surface area contributed by atoms with Crippen LogP contribution in [0, 0.1) is 0 Å². The van der Waals surface area contributed by atoms with E-state index in [1.807, 2.05) is 18.2 Å². The number of hydrogen-bond acceptors (Lipinski definition) is 4. The summed E-state index contributed by atoms with van der Waals surface area (Å²) >= 11 is 0. The first kappa shape index (κ1) is 12.8. The number of para-hydroxylation sites is 1. The molecule has 0 saturated heterocycles. The summed E-state index contributed by atoms with van der Waals surface area (Å²) in [5, 5.41) is 10.6. The molecular weight excluding hydrogens is 256 g/mol. The molecule has 3 rings (SSSR count). The van der Waals surface area contributed by atoms with Crippen LogP contribution in [-0.4, -0.2) is 23.8 Å². The first-order chi connectivity index (χ1) is 9.66. The van der Waals surface area contributed by atoms with Crippen LogP contribution in [0.5, 0.6) is 5.75 Å². The molecule has 0 fully saturated rings. The van der Waals surface area contributed by atoms with Gasteiger partial charge in [0.25, 0.3) is 5.79 Å². The first-order valence-electron chi connectivity index (χ1n) is 6.30. The molecule has 1 aliphatic heterocycles. The van der Waals surface area contributed by atoms with Gasteiger partial charge in [-0.3, -0.25) is 4.79 Å². The van der Waals surface area contributed by atoms with E-state index in [0.717, 1.165) is 0 Å². The third-order valence-electron chi connectivity index (χ3n) is 3.47. The number of carbonyl (C=O) groups excluding carboxylic acids is 1. The number of carbonyl (C=O) groups is 1. The number of benzene rings is 2. The van der Waals surface area contributed by atoms with Crippen LogP contribution in [-0.2, 0) is 4.74 Å². The van der Waals surface area contributed by atoms with E-state index < -0.39 is 17.7 Å². The fourth-order valence-corrected chi connectivity index (χ4v) is 2.40. The summed E-state index contributed by atoms with van der Waals surface area (Å²) in [6.45, 7) is 0. The van der Waals surface area contributed by atoms with E-state index in [4.69, 9.17) is 9.47 Å². The van der Waals surface area contributed by atoms with Gasteiger partial charge in [-0.15, -0.1) is 0 Å². The van der Waals surface area contributed by atoms with Crippen molar-refractivity contribution in [1.29, 1.82) is 0 Å². The molecular formula is C16H14O4. The molecule has 1 heterocycles. The van der Waals surface area contributed by atoms with Gasteiger partial charge in [0.1, 0.15) is 5.75 Å². The molecule has 0 amide bonds. The average Bonchev–Trinajstić information content (AvgIpc) is 2.52. The van der Waals surface area contributed by atoms with Gasteiger partial charge >= 0.3 is 0 Å². The lowest BCUT2D eigenvalue weighted by Crippen LogP contribution is -2.51. The van der Waals surface area contributed by atoms with Gasteiger partial charge in [-0.1, -0.05) is 42.5 Å². The summed E-state index contributed by atoms with van der Waals surface area (Å²) < 4.78 is 10.9. The fraction of sp³-hybridized carbons (Fsp3) is 0.188. The highest BCUT2D eigenvalue weighted by Gasteiger charge is 2.51. The first-order valence-corrected chi connectivity index (χ1v) is 6.30. The highest BCUT2D eigenvalue weighted by atomic mass is 16.7. The Bertz CT molecular complexity index is 638. The van der Waals surface area contributed by atoms with E-state index in [1.165, 1.54) is 7.11 Å². The predicted molar refractivity (Wildman–Crippen MR) is 72.5 cm³/mol. The SMILES string of the molecule is CO[C@]1(O)C(=O)c2ccccc2O[C@H]1c1ccccc1. The van der Waals surface area contributed by atoms with Gasteiger partial charge in [0.15, 0.2) is 6.10 Å². The summed E-state index contributed by atoms with van der Waals surface area (Å²) in [6, 6.07) is 15.9. The summed E-state index contributed by atoms with van der Waals surface area (Å²) in [4.78, 5) is 12.5. The Labute approximate surface area is 116 Å². The van der Waals surface area contributed by atoms with E-state index in [2.05, 4.69) is 0 Å². The van der Waals surface area contributed by atoms with Crippen molar-refractivity contribution in [2.24, 2.45) is 0 Å². The lowest BCUT2D eigenvalue weighted by molar-refractivity contribution is -0.205. The Hall–Kier alpha value is -2.17. The highest BCUT2D eigenvalue weighted by Crippen LogP contribution is 2.41. The molecule has 0 aromatic heterocycles. The molecule has 2 atom stereocenters. The van der Waals surface area contributed by atoms with Gasteiger partial charge in [-0.25, -0.2) is 0 Å². The predicted octanol–water partition coefficient (Wildman–Crippen LogP) is 2.34. The maximum Gasteiger partial charge on any atom is 0.273 e. The number of fused-ring (bicyclic) bond motifs is 1. The van der Waals surface area contributed by atoms with Crippen molar-refractivity contribution in [3.05, 3.63) is 65.7 Å². The molecule has 0 spiro atoms. The summed E-state index contributed by atoms with van der Waals surface area (Å²) in [5.74, 6) is -2.06. The minimum Gasteiger partial charge on any atom is -0.479 e. The van der Waals surface area contributed by atoms with Gasteiger partial charge in [-0.05, 0) is 17.7 Å². The van der Waals surface area contributed by atoms with Gasteiger partial charge in [0.05, 0.1) is 5.56 Å². The average molecular weight is 270 g/mol. The molecule has 4 heteroatoms. The standard InChI is InChI=1S/C16H14O4/c1-19-16(18)14(17)12-9-5-6-10-13(12)20-15(16)11-7-3-2-4-8-11/h2-10,15,18H,1H3/t15-,16+/m0/s1. The largest absolute Gasteiger partial charge is 0.479 e. The number of Topliss-reactive ketones (excluding diaryl/α,β-unsaturated/α-hetero) is 1. The molecule has 2 aromatic rings. The van der Waals surface area contributed by atoms with Crippen LogP contribution in [0.15, 0.2) is 54.6 Å². The topological polar surface area (TPSA) is 55.8 Å². The molecule has 0 saturated carbocycles. The molecule has 0 bridgehead atoms. The van der Waals surface area contributed by atoms with Gasteiger partial charge < -0.3 is 14.6 Å². The van der Waals surface area contributed by atoms with Crippen molar-refractivity contribution in [3.8, 4) is 5.75 Å². The number of methoxy groups -OCH3 is 1. The van der Waals surface area contributed by atoms with Crippen LogP contribution >= 0.6 is 0 Å². The van der Waals surface area contributed by atoms with Crippen LogP contribution in [0.1, 0.15) is 22.0 Å². The number of ether oxygens (including phenoxy) is 2. The van der Waals surface area contributed by atoms with E-state index in [-0.39, 0.29) is 0 Å². The Morgan fingerprint density at radius 2 is 1.75 bits per heavy atom. The Kier molecular flexibility index (Phi) is 3.04. The van der Waals surface area contributed by atoms with Crippen molar-refractivity contribution in [3.63, 3.8) is 0 Å². The molecule has 0 unspecified atom stereocenters. The quantitative estimate of drug-likeness (QED) is 0.851. The number of rotatable bonds is 2. The van der Waals surface area contributed by atoms with E-state index >= 15 is 0 Å². The maximum atomic E-state index is 12.5. The molecule has 20 heavy (non-hydrogen) atoms. The van der Waals surface area contributed by atoms with Crippen LogP contribution in [0.3, 0.4) is 0 Å². The van der Waals surface area contributed by atoms with Gasteiger partial charge in [-0.2, -0.15) is 0 Å². The van der Waals surface area contributed by atoms with Crippen molar-refractivity contribution in [2.75, 3.05) is 7.11 Å². The summed E-state index contributed by atoms with van der Waals surface area (Å²) in [5.41, 5.74) is 1.00. The molecule has 4 nitrogen and oxygen atoms in total. The number of hydrogen-bond donors (Lipinski definition) is 1. The third kappa shape index (κ3) is 1.81. The number of aliphatic hydroxyl groups is 1. The maximum absolute atomic E-state index is 12.5. The van der Waals surface area contributed by atoms with Crippen LogP contribution in [0.2, 0.25) is 0 Å². The summed E-state index contributed by atoms with van der Waals surface area (Å²) in [7, 11) is 1.30. The third-order valence-corrected chi connectivity index (χ3v) is 3.47. The monoisotopic (exact) mass is 270 g/mol. The van der Waals surface area contributed by atoms with Gasteiger partial charge in [0.2, 0.25) is 5.78 Å². The van der Waals surface area contributed by atoms with Crippen molar-refractivity contribution < 1.29 is 19.4 Å². The molecule has 0 aliphatic carbocycles. The molecule has 1 aliphatic rings. The Morgan fingerprint density at radius 1 is 1.10 bits per heavy atom. The zero-order valence-electron chi connectivity index (χ0n) is 10.9. The van der Waals surface area contributed by atoms with E-state index in [0.29, 0.717) is 16.9 Å². The Morgan fingerprint density at radius 3 is 2.45 bits per heavy atom. The lowest BCUT2D eigenvalue weighted by atomic mass is 9.90. The van der Waals surface area contributed by atoms with Crippen LogP contribution in [0.4, 0.5) is 0 Å². The zero-order chi connectivity index (χ0) is 14.2. The van der Waals surface area contributed by atoms with Crippen LogP contribution < -0.4 is 4.74 Å². The van der Waals surface area contributed by atoms with E-state index in [9.17, 15) is 9.90 Å². The fourth-order valence-electron chi connectivity index (χ4n) is 2.40. The van der Waals surface area contributed by atoms with Crippen molar-refractivity contribution >= 4 is 5.78 Å². The van der Waals surface area contributed by atoms with Crippen molar-refractivity contribution in [1.82, 2.24) is 0 Å². The summed E-state index contributed by atoms with van der Waals surface area (Å²) in [6.07, 6.45) is -0.892. The second kappa shape index (κ2) is 4.74. The molecule has 2 aromatic carbocycles. The molecule has 1 N–H and O–H groups in total. The van der Waals surface area contributed by atoms with E-state index in [1.54, 1.807) is 36.4 Å². The highest BCUT2D eigenvalue weighted by molar-refractivity contribution is 6.05. The lowest BCUT2D eigenvalue weighted by Gasteiger charge is -2.38. The van der Waals surface area contributed by atoms with Crippen molar-refractivity contribution in [2.45, 2.75) is 11.9 Å². The van der Waals surface area contributed by atoms with Crippen LogP contribution in [0.25, 0.3) is 0 Å². The smallest absolute Gasteiger partial charge is 0.273 e. The number of ketones is 1. The normalized spacial score (nSPS) is 24.9. The van der Waals surface area contributed by atoms with Gasteiger partial charge in [0, 0.05) is 7.11 Å². The molecule has 102 valence electrons.